The highest BCUT2D eigenvalue weighted by molar-refractivity contribution is 6.33. The number of aromatic nitrogens is 1. The zero-order chi connectivity index (χ0) is 9.14. The molecule has 0 spiro atoms. The van der Waals surface area contributed by atoms with Gasteiger partial charge in [0.1, 0.15) is 17.3 Å². The molecular formula is C7H9Cl2N3O. The summed E-state index contributed by atoms with van der Waals surface area (Å²) in [6.07, 6.45) is 1.46. The van der Waals surface area contributed by atoms with Crippen LogP contribution in [0.15, 0.2) is 12.3 Å². The number of nitrogens with one attached hydrogen (secondary N) is 1. The highest BCUT2D eigenvalue weighted by atomic mass is 35.5. The first-order valence-electron chi connectivity index (χ1n) is 3.19. The van der Waals surface area contributed by atoms with Gasteiger partial charge in [-0.15, -0.1) is 12.4 Å². The van der Waals surface area contributed by atoms with Gasteiger partial charge in [-0.3, -0.25) is 5.41 Å². The Balaban J connectivity index is 0.00000144. The fraction of sp³-hybridized carbons (Fsp3) is 0.143. The molecule has 0 unspecified atom stereocenters. The summed E-state index contributed by atoms with van der Waals surface area (Å²) >= 11 is 5.74. The molecule has 0 amide bonds. The van der Waals surface area contributed by atoms with Crippen LogP contribution in [0.1, 0.15) is 5.69 Å². The van der Waals surface area contributed by atoms with Crippen LogP contribution in [0, 0.1) is 5.41 Å². The lowest BCUT2D eigenvalue weighted by molar-refractivity contribution is 0.413. The van der Waals surface area contributed by atoms with Crippen molar-refractivity contribution in [3.63, 3.8) is 0 Å². The van der Waals surface area contributed by atoms with E-state index in [0.717, 1.165) is 0 Å². The lowest BCUT2D eigenvalue weighted by atomic mass is 10.3. The Morgan fingerprint density at radius 3 is 2.69 bits per heavy atom. The molecule has 4 nitrogen and oxygen atoms in total. The highest BCUT2D eigenvalue weighted by Gasteiger charge is 2.05. The van der Waals surface area contributed by atoms with E-state index < -0.39 is 0 Å². The minimum atomic E-state index is -0.150. The van der Waals surface area contributed by atoms with E-state index in [-0.39, 0.29) is 23.9 Å². The van der Waals surface area contributed by atoms with E-state index in [1.165, 1.54) is 13.3 Å². The summed E-state index contributed by atoms with van der Waals surface area (Å²) in [6.45, 7) is 0. The van der Waals surface area contributed by atoms with E-state index in [4.69, 9.17) is 27.5 Å². The van der Waals surface area contributed by atoms with Crippen LogP contribution in [0.3, 0.4) is 0 Å². The molecule has 1 aromatic heterocycles. The van der Waals surface area contributed by atoms with Crippen LogP contribution in [-0.2, 0) is 0 Å². The first-order valence-corrected chi connectivity index (χ1v) is 3.57. The SMILES string of the molecule is COc1cnc(C(=N)N)c(Cl)c1.Cl. The zero-order valence-corrected chi connectivity index (χ0v) is 8.45. The van der Waals surface area contributed by atoms with Gasteiger partial charge >= 0.3 is 0 Å². The molecule has 0 aliphatic heterocycles. The topological polar surface area (TPSA) is 72.0 Å². The van der Waals surface area contributed by atoms with E-state index in [2.05, 4.69) is 4.98 Å². The normalized spacial score (nSPS) is 8.77. The Labute approximate surface area is 87.0 Å². The molecule has 0 radical (unpaired) electrons. The highest BCUT2D eigenvalue weighted by Crippen LogP contribution is 2.18. The minimum Gasteiger partial charge on any atom is -0.495 e. The van der Waals surface area contributed by atoms with Crippen LogP contribution in [0.5, 0.6) is 5.75 Å². The van der Waals surface area contributed by atoms with Gasteiger partial charge in [-0.25, -0.2) is 4.98 Å². The largest absolute Gasteiger partial charge is 0.495 e. The van der Waals surface area contributed by atoms with Crippen molar-refractivity contribution in [2.45, 2.75) is 0 Å². The first-order chi connectivity index (χ1) is 5.65. The molecule has 0 saturated carbocycles. The molecule has 13 heavy (non-hydrogen) atoms. The van der Waals surface area contributed by atoms with E-state index in [0.29, 0.717) is 10.8 Å². The van der Waals surface area contributed by atoms with Crippen LogP contribution in [0.25, 0.3) is 0 Å². The van der Waals surface area contributed by atoms with Crippen LogP contribution in [0.4, 0.5) is 0 Å². The van der Waals surface area contributed by atoms with E-state index in [1.54, 1.807) is 6.07 Å². The quantitative estimate of drug-likeness (QED) is 0.587. The number of rotatable bonds is 2. The van der Waals surface area contributed by atoms with Crippen molar-refractivity contribution in [2.75, 3.05) is 7.11 Å². The maximum atomic E-state index is 7.09. The van der Waals surface area contributed by atoms with Crippen molar-refractivity contribution in [1.82, 2.24) is 4.98 Å². The Hall–Kier alpha value is -1.00. The van der Waals surface area contributed by atoms with E-state index >= 15 is 0 Å². The zero-order valence-electron chi connectivity index (χ0n) is 6.87. The smallest absolute Gasteiger partial charge is 0.143 e. The molecule has 0 saturated heterocycles. The van der Waals surface area contributed by atoms with Gasteiger partial charge in [0.25, 0.3) is 0 Å². The minimum absolute atomic E-state index is 0. The number of hydrogen-bond donors (Lipinski definition) is 2. The Kier molecular flexibility index (Phi) is 4.51. The summed E-state index contributed by atoms with van der Waals surface area (Å²) in [7, 11) is 1.51. The van der Waals surface area contributed by atoms with Gasteiger partial charge in [-0.05, 0) is 0 Å². The first kappa shape index (κ1) is 12.0. The Bertz CT molecular complexity index is 317. The van der Waals surface area contributed by atoms with Crippen molar-refractivity contribution in [3.8, 4) is 5.75 Å². The number of methoxy groups -OCH3 is 1. The van der Waals surface area contributed by atoms with Gasteiger partial charge in [0.15, 0.2) is 0 Å². The van der Waals surface area contributed by atoms with Crippen LogP contribution in [0.2, 0.25) is 5.02 Å². The van der Waals surface area contributed by atoms with Crippen molar-refractivity contribution in [2.24, 2.45) is 5.73 Å². The molecule has 0 aromatic carbocycles. The molecule has 0 fully saturated rings. The third kappa shape index (κ3) is 2.75. The predicted molar refractivity (Wildman–Crippen MR) is 54.1 cm³/mol. The van der Waals surface area contributed by atoms with Crippen molar-refractivity contribution < 1.29 is 4.74 Å². The lowest BCUT2D eigenvalue weighted by Crippen LogP contribution is -2.13. The fourth-order valence-electron chi connectivity index (χ4n) is 0.730. The monoisotopic (exact) mass is 221 g/mol. The summed E-state index contributed by atoms with van der Waals surface area (Å²) in [5.41, 5.74) is 5.48. The fourth-order valence-corrected chi connectivity index (χ4v) is 0.988. The average Bonchev–Trinajstić information content (AvgIpc) is 2.03. The van der Waals surface area contributed by atoms with Gasteiger partial charge in [0, 0.05) is 6.07 Å². The molecule has 1 heterocycles. The van der Waals surface area contributed by atoms with Gasteiger partial charge in [-0.1, -0.05) is 11.6 Å². The Morgan fingerprint density at radius 1 is 1.69 bits per heavy atom. The number of halogens is 2. The van der Waals surface area contributed by atoms with Crippen LogP contribution in [-0.4, -0.2) is 17.9 Å². The van der Waals surface area contributed by atoms with Crippen molar-refractivity contribution in [1.29, 1.82) is 5.41 Å². The molecule has 1 aromatic rings. The van der Waals surface area contributed by atoms with Crippen molar-refractivity contribution in [3.05, 3.63) is 23.0 Å². The average molecular weight is 222 g/mol. The predicted octanol–water partition coefficient (Wildman–Crippen LogP) is 1.45. The number of ether oxygens (including phenoxy) is 1. The summed E-state index contributed by atoms with van der Waals surface area (Å²) in [5.74, 6) is 0.396. The number of nitrogens with two attached hydrogens (primary N) is 1. The molecule has 0 bridgehead atoms. The number of nitrogen functional groups attached to an aromatic ring is 1. The van der Waals surface area contributed by atoms with E-state index in [9.17, 15) is 0 Å². The second-order valence-corrected chi connectivity index (χ2v) is 2.53. The molecule has 0 atom stereocenters. The summed E-state index contributed by atoms with van der Waals surface area (Å²) in [6, 6.07) is 1.56. The van der Waals surface area contributed by atoms with Crippen LogP contribution < -0.4 is 10.5 Å². The molecule has 1 rings (SSSR count). The standard InChI is InChI=1S/C7H8ClN3O.ClH/c1-12-4-2-5(8)6(7(9)10)11-3-4;/h2-3H,1H3,(H3,9,10);1H. The summed E-state index contributed by atoms with van der Waals surface area (Å²) in [5, 5.41) is 7.41. The maximum Gasteiger partial charge on any atom is 0.143 e. The summed E-state index contributed by atoms with van der Waals surface area (Å²) < 4.78 is 4.87. The lowest BCUT2D eigenvalue weighted by Gasteiger charge is -2.02. The third-order valence-electron chi connectivity index (χ3n) is 1.31. The molecule has 3 N–H and O–H groups in total. The molecule has 0 aliphatic rings. The molecule has 0 aliphatic carbocycles. The third-order valence-corrected chi connectivity index (χ3v) is 1.60. The number of pyridine rings is 1. The number of amidine groups is 1. The second-order valence-electron chi connectivity index (χ2n) is 2.12. The summed E-state index contributed by atoms with van der Waals surface area (Å²) in [4.78, 5) is 3.84. The van der Waals surface area contributed by atoms with Crippen LogP contribution >= 0.6 is 24.0 Å². The van der Waals surface area contributed by atoms with Gasteiger partial charge in [-0.2, -0.15) is 0 Å². The number of hydrogen-bond acceptors (Lipinski definition) is 3. The second kappa shape index (κ2) is 4.89. The molecule has 72 valence electrons. The molecule has 6 heteroatoms. The number of nitrogens with zero attached hydrogens (tertiary/aromatic N) is 1. The van der Waals surface area contributed by atoms with Gasteiger partial charge in [0.05, 0.1) is 18.3 Å². The Morgan fingerprint density at radius 2 is 2.31 bits per heavy atom. The van der Waals surface area contributed by atoms with Gasteiger partial charge in [0.2, 0.25) is 0 Å². The van der Waals surface area contributed by atoms with Gasteiger partial charge < -0.3 is 10.5 Å². The van der Waals surface area contributed by atoms with Crippen molar-refractivity contribution >= 4 is 29.8 Å². The van der Waals surface area contributed by atoms with E-state index in [1.807, 2.05) is 0 Å². The molecular weight excluding hydrogens is 213 g/mol. The maximum absolute atomic E-state index is 7.09.